The quantitative estimate of drug-likeness (QED) is 0.279. The molecule has 5 rings (SSSR count). The number of hydrogen-bond donors (Lipinski definition) is 2. The molecule has 2 aromatic heterocycles. The fourth-order valence-corrected chi connectivity index (χ4v) is 4.17. The van der Waals surface area contributed by atoms with Gasteiger partial charge in [0.2, 0.25) is 0 Å². The lowest BCUT2D eigenvalue weighted by atomic mass is 9.99. The van der Waals surface area contributed by atoms with Crippen LogP contribution in [0, 0.1) is 0 Å². The predicted octanol–water partition coefficient (Wildman–Crippen LogP) is 4.39. The van der Waals surface area contributed by atoms with E-state index >= 15 is 0 Å². The van der Waals surface area contributed by atoms with Gasteiger partial charge in [0.05, 0.1) is 18.9 Å². The summed E-state index contributed by atoms with van der Waals surface area (Å²) in [6.45, 7) is 0.151. The molecule has 2 aromatic carbocycles. The van der Waals surface area contributed by atoms with Gasteiger partial charge < -0.3 is 24.1 Å². The molecule has 1 saturated heterocycles. The van der Waals surface area contributed by atoms with Gasteiger partial charge in [-0.15, -0.1) is 0 Å². The van der Waals surface area contributed by atoms with Crippen molar-refractivity contribution in [2.24, 2.45) is 0 Å². The summed E-state index contributed by atoms with van der Waals surface area (Å²) >= 11 is 0. The van der Waals surface area contributed by atoms with Crippen molar-refractivity contribution in [3.8, 4) is 5.75 Å². The molecule has 2 N–H and O–H groups in total. The number of amides is 1. The number of nitrogens with one attached hydrogen (secondary N) is 1. The van der Waals surface area contributed by atoms with Crippen molar-refractivity contribution >= 4 is 28.4 Å². The molecule has 7 nitrogen and oxygen atoms in total. The van der Waals surface area contributed by atoms with Gasteiger partial charge in [0.25, 0.3) is 11.7 Å². The van der Waals surface area contributed by atoms with E-state index in [2.05, 4.69) is 4.98 Å². The number of benzene rings is 2. The van der Waals surface area contributed by atoms with Crippen molar-refractivity contribution in [2.75, 3.05) is 7.11 Å². The number of furan rings is 1. The van der Waals surface area contributed by atoms with Gasteiger partial charge in [-0.1, -0.05) is 30.3 Å². The van der Waals surface area contributed by atoms with Crippen LogP contribution in [0.2, 0.25) is 0 Å². The Morgan fingerprint density at radius 3 is 2.75 bits per heavy atom. The number of ketones is 1. The number of aliphatic hydroxyl groups excluding tert-OH is 1. The Balaban J connectivity index is 1.64. The van der Waals surface area contributed by atoms with Crippen molar-refractivity contribution in [3.63, 3.8) is 0 Å². The standard InChI is InChI=1S/C25H20N2O5/c1-31-16-7-4-6-15(12-16)14-27-22(20-10-5-11-32-20)21(24(29)25(27)30)23(28)18-13-26-19-9-3-2-8-17(18)19/h2-13,22,26,28H,14H2,1H3/b23-21-. The molecule has 0 radical (unpaired) electrons. The van der Waals surface area contributed by atoms with Crippen LogP contribution in [0.4, 0.5) is 0 Å². The zero-order valence-corrected chi connectivity index (χ0v) is 17.2. The Morgan fingerprint density at radius 2 is 1.97 bits per heavy atom. The number of Topliss-reactive ketones (excluding diaryl/α,β-unsaturated/α-hetero) is 1. The summed E-state index contributed by atoms with van der Waals surface area (Å²) < 4.78 is 10.9. The van der Waals surface area contributed by atoms with E-state index in [1.54, 1.807) is 37.6 Å². The number of likely N-dealkylation sites (tertiary alicyclic amines) is 1. The number of ether oxygens (including phenoxy) is 1. The third-order valence-electron chi connectivity index (χ3n) is 5.68. The Morgan fingerprint density at radius 1 is 1.12 bits per heavy atom. The highest BCUT2D eigenvalue weighted by atomic mass is 16.5. The van der Waals surface area contributed by atoms with Gasteiger partial charge in [0.15, 0.2) is 0 Å². The maximum absolute atomic E-state index is 13.1. The molecule has 0 bridgehead atoms. The number of aromatic nitrogens is 1. The molecule has 1 amide bonds. The highest BCUT2D eigenvalue weighted by molar-refractivity contribution is 6.46. The Hall–Kier alpha value is -4.26. The molecule has 7 heteroatoms. The molecule has 4 aromatic rings. The maximum Gasteiger partial charge on any atom is 0.296 e. The summed E-state index contributed by atoms with van der Waals surface area (Å²) in [5.41, 5.74) is 2.05. The summed E-state index contributed by atoms with van der Waals surface area (Å²) in [6, 6.07) is 17.2. The first-order valence-corrected chi connectivity index (χ1v) is 10.1. The van der Waals surface area contributed by atoms with Crippen LogP contribution in [0.1, 0.15) is 22.9 Å². The maximum atomic E-state index is 13.1. The molecule has 1 atom stereocenters. The molecular formula is C25H20N2O5. The first kappa shape index (κ1) is 19.7. The lowest BCUT2D eigenvalue weighted by molar-refractivity contribution is -0.140. The summed E-state index contributed by atoms with van der Waals surface area (Å²) in [4.78, 5) is 30.7. The average molecular weight is 428 g/mol. The van der Waals surface area contributed by atoms with Gasteiger partial charge in [-0.25, -0.2) is 0 Å². The minimum Gasteiger partial charge on any atom is -0.507 e. The number of methoxy groups -OCH3 is 1. The van der Waals surface area contributed by atoms with Crippen molar-refractivity contribution < 1.29 is 23.8 Å². The molecule has 32 heavy (non-hydrogen) atoms. The average Bonchev–Trinajstić information content (AvgIpc) is 3.54. The number of H-pyrrole nitrogens is 1. The van der Waals surface area contributed by atoms with E-state index in [0.29, 0.717) is 17.1 Å². The number of aliphatic hydroxyl groups is 1. The molecule has 3 heterocycles. The number of para-hydroxylation sites is 1. The monoisotopic (exact) mass is 428 g/mol. The molecular weight excluding hydrogens is 408 g/mol. The zero-order chi connectivity index (χ0) is 22.2. The summed E-state index contributed by atoms with van der Waals surface area (Å²) in [5, 5.41) is 12.0. The first-order chi connectivity index (χ1) is 15.6. The molecule has 1 fully saturated rings. The van der Waals surface area contributed by atoms with Gasteiger partial charge in [-0.05, 0) is 35.9 Å². The van der Waals surface area contributed by atoms with Crippen molar-refractivity contribution in [1.82, 2.24) is 9.88 Å². The molecule has 1 unspecified atom stereocenters. The predicted molar refractivity (Wildman–Crippen MR) is 118 cm³/mol. The second kappa shape index (κ2) is 7.77. The zero-order valence-electron chi connectivity index (χ0n) is 17.2. The third kappa shape index (κ3) is 3.15. The number of hydrogen-bond acceptors (Lipinski definition) is 5. The van der Waals surface area contributed by atoms with E-state index < -0.39 is 17.7 Å². The lowest BCUT2D eigenvalue weighted by Crippen LogP contribution is -2.29. The largest absolute Gasteiger partial charge is 0.507 e. The smallest absolute Gasteiger partial charge is 0.296 e. The molecule has 0 aliphatic carbocycles. The van der Waals surface area contributed by atoms with E-state index in [0.717, 1.165) is 16.5 Å². The van der Waals surface area contributed by atoms with E-state index in [1.165, 1.54) is 11.2 Å². The molecule has 160 valence electrons. The summed E-state index contributed by atoms with van der Waals surface area (Å²) in [6.07, 6.45) is 3.11. The second-order valence-corrected chi connectivity index (χ2v) is 7.54. The highest BCUT2D eigenvalue weighted by Gasteiger charge is 2.47. The van der Waals surface area contributed by atoms with E-state index in [-0.39, 0.29) is 17.9 Å². The summed E-state index contributed by atoms with van der Waals surface area (Å²) in [7, 11) is 1.56. The Bertz CT molecular complexity index is 1350. The van der Waals surface area contributed by atoms with Crippen LogP contribution in [0.15, 0.2) is 83.1 Å². The number of nitrogens with zero attached hydrogens (tertiary/aromatic N) is 1. The number of carbonyl (C=O) groups excluding carboxylic acids is 2. The van der Waals surface area contributed by atoms with Crippen molar-refractivity contribution in [2.45, 2.75) is 12.6 Å². The minimum atomic E-state index is -0.857. The molecule has 1 aliphatic heterocycles. The number of aromatic amines is 1. The van der Waals surface area contributed by atoms with Gasteiger partial charge in [0.1, 0.15) is 23.3 Å². The van der Waals surface area contributed by atoms with Crippen LogP contribution >= 0.6 is 0 Å². The van der Waals surface area contributed by atoms with E-state index in [9.17, 15) is 14.7 Å². The number of fused-ring (bicyclic) bond motifs is 1. The van der Waals surface area contributed by atoms with E-state index in [1.807, 2.05) is 36.4 Å². The van der Waals surface area contributed by atoms with Crippen LogP contribution in [-0.4, -0.2) is 33.8 Å². The van der Waals surface area contributed by atoms with Crippen LogP contribution < -0.4 is 4.74 Å². The molecule has 1 aliphatic rings. The second-order valence-electron chi connectivity index (χ2n) is 7.54. The van der Waals surface area contributed by atoms with E-state index in [4.69, 9.17) is 9.15 Å². The van der Waals surface area contributed by atoms with Gasteiger partial charge >= 0.3 is 0 Å². The normalized spacial score (nSPS) is 17.9. The fraction of sp³-hybridized carbons (Fsp3) is 0.120. The first-order valence-electron chi connectivity index (χ1n) is 10.1. The number of carbonyl (C=O) groups is 2. The molecule has 0 spiro atoms. The summed E-state index contributed by atoms with van der Waals surface area (Å²) in [5.74, 6) is -0.649. The number of rotatable bonds is 5. The van der Waals surface area contributed by atoms with Crippen LogP contribution in [0.3, 0.4) is 0 Å². The van der Waals surface area contributed by atoms with Crippen molar-refractivity contribution in [3.05, 3.63) is 95.6 Å². The van der Waals surface area contributed by atoms with Crippen LogP contribution in [0.25, 0.3) is 16.7 Å². The van der Waals surface area contributed by atoms with Crippen LogP contribution in [0.5, 0.6) is 5.75 Å². The van der Waals surface area contributed by atoms with Crippen molar-refractivity contribution in [1.29, 1.82) is 0 Å². The molecule has 0 saturated carbocycles. The fourth-order valence-electron chi connectivity index (χ4n) is 4.17. The third-order valence-corrected chi connectivity index (χ3v) is 5.68. The van der Waals surface area contributed by atoms with Gasteiger partial charge in [0, 0.05) is 29.2 Å². The highest BCUT2D eigenvalue weighted by Crippen LogP contribution is 2.41. The topological polar surface area (TPSA) is 95.8 Å². The van der Waals surface area contributed by atoms with Gasteiger partial charge in [-0.3, -0.25) is 9.59 Å². The Labute approximate surface area is 183 Å². The lowest BCUT2D eigenvalue weighted by Gasteiger charge is -2.23. The Kier molecular flexibility index (Phi) is 4.78. The van der Waals surface area contributed by atoms with Crippen LogP contribution in [-0.2, 0) is 16.1 Å². The van der Waals surface area contributed by atoms with Gasteiger partial charge in [-0.2, -0.15) is 0 Å². The SMILES string of the molecule is COc1cccc(CN2C(=O)C(=O)/C(=C(\O)c3c[nH]c4ccccc34)C2c2ccco2)c1. The minimum absolute atomic E-state index is 0.00222.